The predicted octanol–water partition coefficient (Wildman–Crippen LogP) is 2.09. The number of carbonyl (C=O) groups is 1. The lowest BCUT2D eigenvalue weighted by Crippen LogP contribution is -2.24. The van der Waals surface area contributed by atoms with E-state index in [1.807, 2.05) is 6.92 Å². The number of allylic oxidation sites excluding steroid dienone is 3. The van der Waals surface area contributed by atoms with Gasteiger partial charge in [0.1, 0.15) is 5.76 Å². The molecule has 3 heteroatoms. The van der Waals surface area contributed by atoms with Crippen LogP contribution in [0.2, 0.25) is 0 Å². The highest BCUT2D eigenvalue weighted by atomic mass is 16.3. The highest BCUT2D eigenvalue weighted by Gasteiger charge is 2.06. The predicted molar refractivity (Wildman–Crippen MR) is 58.0 cm³/mol. The summed E-state index contributed by atoms with van der Waals surface area (Å²) in [7, 11) is 0. The number of aliphatic hydroxyl groups excluding tert-OH is 1. The van der Waals surface area contributed by atoms with Crippen LogP contribution >= 0.6 is 0 Å². The van der Waals surface area contributed by atoms with Crippen LogP contribution in [0.3, 0.4) is 0 Å². The summed E-state index contributed by atoms with van der Waals surface area (Å²) in [4.78, 5) is 11.3. The summed E-state index contributed by atoms with van der Waals surface area (Å²) in [6.07, 6.45) is 4.13. The maximum Gasteiger partial charge on any atom is 0.224 e. The Balaban J connectivity index is 4.17. The first-order valence-electron chi connectivity index (χ1n) is 4.58. The van der Waals surface area contributed by atoms with Gasteiger partial charge in [0, 0.05) is 12.1 Å². The van der Waals surface area contributed by atoms with Gasteiger partial charge in [0.05, 0.1) is 6.42 Å². The second-order valence-corrected chi connectivity index (χ2v) is 2.90. The minimum Gasteiger partial charge on any atom is -0.508 e. The van der Waals surface area contributed by atoms with Crippen LogP contribution in [-0.4, -0.2) is 17.6 Å². The minimum atomic E-state index is -0.116. The molecule has 0 aliphatic rings. The molecule has 78 valence electrons. The van der Waals surface area contributed by atoms with Gasteiger partial charge < -0.3 is 10.4 Å². The number of amides is 1. The Hall–Kier alpha value is -1.51. The van der Waals surface area contributed by atoms with E-state index >= 15 is 0 Å². The maximum absolute atomic E-state index is 11.3. The highest BCUT2D eigenvalue weighted by Crippen LogP contribution is 2.09. The van der Waals surface area contributed by atoms with Crippen molar-refractivity contribution in [3.05, 3.63) is 36.6 Å². The Labute approximate surface area is 84.8 Å². The smallest absolute Gasteiger partial charge is 0.224 e. The standard InChI is InChI=1S/C11H17NO2/c1-4-6-10(9(3)13)8-11(14)12-7-5-2/h4,6,13H,1,3,5,7-8H2,2H3,(H,12,14)/b10-6-. The molecule has 0 heterocycles. The summed E-state index contributed by atoms with van der Waals surface area (Å²) >= 11 is 0. The topological polar surface area (TPSA) is 49.3 Å². The summed E-state index contributed by atoms with van der Waals surface area (Å²) in [5, 5.41) is 11.8. The number of carbonyl (C=O) groups excluding carboxylic acids is 1. The third-order valence-corrected chi connectivity index (χ3v) is 1.61. The van der Waals surface area contributed by atoms with Gasteiger partial charge in [-0.1, -0.05) is 32.2 Å². The number of hydrogen-bond acceptors (Lipinski definition) is 2. The van der Waals surface area contributed by atoms with Crippen molar-refractivity contribution in [3.63, 3.8) is 0 Å². The van der Waals surface area contributed by atoms with Gasteiger partial charge >= 0.3 is 0 Å². The molecule has 0 saturated heterocycles. The average molecular weight is 195 g/mol. The molecule has 0 unspecified atom stereocenters. The van der Waals surface area contributed by atoms with E-state index in [1.54, 1.807) is 6.08 Å². The first kappa shape index (κ1) is 12.5. The molecule has 0 fully saturated rings. The summed E-state index contributed by atoms with van der Waals surface area (Å²) in [5.74, 6) is -0.202. The Morgan fingerprint density at radius 1 is 1.57 bits per heavy atom. The van der Waals surface area contributed by atoms with Crippen molar-refractivity contribution >= 4 is 5.91 Å². The Morgan fingerprint density at radius 3 is 2.64 bits per heavy atom. The normalized spacial score (nSPS) is 10.8. The van der Waals surface area contributed by atoms with Crippen molar-refractivity contribution in [2.45, 2.75) is 19.8 Å². The molecule has 0 spiro atoms. The second kappa shape index (κ2) is 6.95. The lowest BCUT2D eigenvalue weighted by molar-refractivity contribution is -0.120. The highest BCUT2D eigenvalue weighted by molar-refractivity contribution is 5.79. The molecule has 0 aliphatic carbocycles. The number of aliphatic hydroxyl groups is 1. The fourth-order valence-electron chi connectivity index (χ4n) is 0.899. The zero-order chi connectivity index (χ0) is 11.0. The van der Waals surface area contributed by atoms with Crippen molar-refractivity contribution < 1.29 is 9.90 Å². The van der Waals surface area contributed by atoms with Gasteiger partial charge in [-0.3, -0.25) is 4.79 Å². The zero-order valence-corrected chi connectivity index (χ0v) is 8.55. The summed E-state index contributed by atoms with van der Waals surface area (Å²) in [6, 6.07) is 0. The molecule has 0 bridgehead atoms. The fraction of sp³-hybridized carbons (Fsp3) is 0.364. The minimum absolute atomic E-state index is 0.0865. The summed E-state index contributed by atoms with van der Waals surface area (Å²) in [5.41, 5.74) is 0.494. The number of hydrogen-bond donors (Lipinski definition) is 2. The van der Waals surface area contributed by atoms with Crippen LogP contribution in [0.5, 0.6) is 0 Å². The van der Waals surface area contributed by atoms with Crippen LogP contribution in [0.1, 0.15) is 19.8 Å². The van der Waals surface area contributed by atoms with Gasteiger partial charge in [-0.25, -0.2) is 0 Å². The van der Waals surface area contributed by atoms with Gasteiger partial charge in [-0.05, 0) is 6.42 Å². The van der Waals surface area contributed by atoms with Crippen LogP contribution in [0.4, 0.5) is 0 Å². The van der Waals surface area contributed by atoms with Crippen LogP contribution < -0.4 is 5.32 Å². The van der Waals surface area contributed by atoms with Gasteiger partial charge in [0.15, 0.2) is 0 Å². The second-order valence-electron chi connectivity index (χ2n) is 2.90. The first-order valence-corrected chi connectivity index (χ1v) is 4.58. The zero-order valence-electron chi connectivity index (χ0n) is 8.55. The lowest BCUT2D eigenvalue weighted by atomic mass is 10.1. The van der Waals surface area contributed by atoms with Gasteiger partial charge in [-0.2, -0.15) is 0 Å². The fourth-order valence-corrected chi connectivity index (χ4v) is 0.899. The van der Waals surface area contributed by atoms with Crippen molar-refractivity contribution in [2.24, 2.45) is 0 Å². The van der Waals surface area contributed by atoms with E-state index in [-0.39, 0.29) is 18.1 Å². The van der Waals surface area contributed by atoms with E-state index < -0.39 is 0 Å². The van der Waals surface area contributed by atoms with Crippen LogP contribution in [-0.2, 0) is 4.79 Å². The Kier molecular flexibility index (Phi) is 6.20. The molecular formula is C11H17NO2. The van der Waals surface area contributed by atoms with E-state index in [0.29, 0.717) is 12.1 Å². The number of rotatable bonds is 6. The molecule has 14 heavy (non-hydrogen) atoms. The monoisotopic (exact) mass is 195 g/mol. The molecule has 0 rings (SSSR count). The molecule has 0 aromatic heterocycles. The molecule has 0 aromatic carbocycles. The summed E-state index contributed by atoms with van der Waals surface area (Å²) < 4.78 is 0. The molecule has 0 atom stereocenters. The number of nitrogens with one attached hydrogen (secondary N) is 1. The van der Waals surface area contributed by atoms with E-state index in [0.717, 1.165) is 6.42 Å². The quantitative estimate of drug-likeness (QED) is 0.503. The van der Waals surface area contributed by atoms with Gasteiger partial charge in [-0.15, -0.1) is 0 Å². The van der Waals surface area contributed by atoms with E-state index in [9.17, 15) is 4.79 Å². The van der Waals surface area contributed by atoms with Crippen molar-refractivity contribution in [1.82, 2.24) is 5.32 Å². The molecule has 2 N–H and O–H groups in total. The average Bonchev–Trinajstić information content (AvgIpc) is 2.14. The molecule has 0 saturated carbocycles. The molecule has 3 nitrogen and oxygen atoms in total. The van der Waals surface area contributed by atoms with E-state index in [1.165, 1.54) is 6.08 Å². The lowest BCUT2D eigenvalue weighted by Gasteiger charge is -2.05. The molecule has 1 amide bonds. The molecule has 0 aliphatic heterocycles. The van der Waals surface area contributed by atoms with E-state index in [4.69, 9.17) is 5.11 Å². The largest absolute Gasteiger partial charge is 0.508 e. The van der Waals surface area contributed by atoms with Crippen LogP contribution in [0.15, 0.2) is 36.6 Å². The Morgan fingerprint density at radius 2 is 2.21 bits per heavy atom. The molecule has 0 aromatic rings. The summed E-state index contributed by atoms with van der Waals surface area (Å²) in [6.45, 7) is 9.49. The van der Waals surface area contributed by atoms with Crippen molar-refractivity contribution in [2.75, 3.05) is 6.54 Å². The molecular weight excluding hydrogens is 178 g/mol. The van der Waals surface area contributed by atoms with Crippen LogP contribution in [0.25, 0.3) is 0 Å². The van der Waals surface area contributed by atoms with Crippen molar-refractivity contribution in [1.29, 1.82) is 0 Å². The van der Waals surface area contributed by atoms with Gasteiger partial charge in [0.25, 0.3) is 0 Å². The van der Waals surface area contributed by atoms with Gasteiger partial charge in [0.2, 0.25) is 5.91 Å². The Bertz CT molecular complexity index is 254. The van der Waals surface area contributed by atoms with Crippen molar-refractivity contribution in [3.8, 4) is 0 Å². The SMILES string of the molecule is C=C/C=C(/CC(=O)NCCC)C(=C)O. The molecule has 0 radical (unpaired) electrons. The third-order valence-electron chi connectivity index (χ3n) is 1.61. The third kappa shape index (κ3) is 5.19. The van der Waals surface area contributed by atoms with E-state index in [2.05, 4.69) is 18.5 Å². The first-order chi connectivity index (χ1) is 6.61. The van der Waals surface area contributed by atoms with Crippen LogP contribution in [0, 0.1) is 0 Å². The maximum atomic E-state index is 11.3.